The van der Waals surface area contributed by atoms with Gasteiger partial charge in [-0.2, -0.15) is 5.26 Å². The summed E-state index contributed by atoms with van der Waals surface area (Å²) in [6.45, 7) is 2.73. The zero-order valence-corrected chi connectivity index (χ0v) is 15.7. The van der Waals surface area contributed by atoms with E-state index in [1.165, 1.54) is 7.11 Å². The molecule has 27 heavy (non-hydrogen) atoms. The molecule has 0 heterocycles. The number of hydrogen-bond acceptors (Lipinski definition) is 4. The number of rotatable bonds is 9. The first-order valence-electron chi connectivity index (χ1n) is 8.92. The monoisotopic (exact) mass is 364 g/mol. The van der Waals surface area contributed by atoms with Crippen molar-refractivity contribution in [3.05, 3.63) is 60.2 Å². The molecule has 0 atom stereocenters. The van der Waals surface area contributed by atoms with E-state index in [4.69, 9.17) is 14.7 Å². The molecule has 5 heteroatoms. The number of carbonyl (C=O) groups excluding carboxylic acids is 1. The Kier molecular flexibility index (Phi) is 7.92. The fourth-order valence-electron chi connectivity index (χ4n) is 2.57. The molecular formula is C22H24N2O3. The molecule has 2 aromatic rings. The Labute approximate surface area is 160 Å². The summed E-state index contributed by atoms with van der Waals surface area (Å²) < 4.78 is 10.6. The van der Waals surface area contributed by atoms with Gasteiger partial charge in [0.05, 0.1) is 7.11 Å². The summed E-state index contributed by atoms with van der Waals surface area (Å²) in [4.78, 5) is 14.5. The number of para-hydroxylation sites is 1. The third-order valence-electron chi connectivity index (χ3n) is 3.97. The predicted molar refractivity (Wildman–Crippen MR) is 107 cm³/mol. The number of nitriles is 1. The number of benzene rings is 2. The average Bonchev–Trinajstić information content (AvgIpc) is 2.72. The van der Waals surface area contributed by atoms with Crippen LogP contribution in [0.1, 0.15) is 25.3 Å². The first kappa shape index (κ1) is 20.1. The summed E-state index contributed by atoms with van der Waals surface area (Å²) in [6.07, 6.45) is 5.27. The van der Waals surface area contributed by atoms with Gasteiger partial charge in [0.15, 0.2) is 18.1 Å². The summed E-state index contributed by atoms with van der Waals surface area (Å²) in [7, 11) is 1.54. The quantitative estimate of drug-likeness (QED) is 0.617. The van der Waals surface area contributed by atoms with Crippen LogP contribution in [0.25, 0.3) is 6.08 Å². The van der Waals surface area contributed by atoms with Crippen LogP contribution >= 0.6 is 0 Å². The highest BCUT2D eigenvalue weighted by Crippen LogP contribution is 2.28. The first-order chi connectivity index (χ1) is 13.2. The molecule has 0 aliphatic carbocycles. The first-order valence-corrected chi connectivity index (χ1v) is 8.92. The molecule has 0 saturated carbocycles. The van der Waals surface area contributed by atoms with E-state index in [1.54, 1.807) is 29.2 Å². The lowest BCUT2D eigenvalue weighted by Crippen LogP contribution is -2.30. The number of hydrogen-bond donors (Lipinski definition) is 0. The van der Waals surface area contributed by atoms with Gasteiger partial charge in [-0.15, -0.1) is 0 Å². The zero-order chi connectivity index (χ0) is 19.5. The summed E-state index contributed by atoms with van der Waals surface area (Å²) in [5, 5.41) is 8.63. The molecule has 2 rings (SSSR count). The fraction of sp³-hybridized carbons (Fsp3) is 0.273. The second kappa shape index (κ2) is 10.7. The lowest BCUT2D eigenvalue weighted by Gasteiger charge is -2.21. The van der Waals surface area contributed by atoms with Crippen molar-refractivity contribution in [3.63, 3.8) is 0 Å². The molecule has 0 spiro atoms. The van der Waals surface area contributed by atoms with Gasteiger partial charge in [0.2, 0.25) is 0 Å². The van der Waals surface area contributed by atoms with Crippen molar-refractivity contribution >= 4 is 17.7 Å². The minimum atomic E-state index is -0.0709. The van der Waals surface area contributed by atoms with Crippen LogP contribution in [0.15, 0.2) is 54.6 Å². The molecule has 0 radical (unpaired) electrons. The standard InChI is InChI=1S/C22H24N2O3/c1-3-4-15-24(19-8-6-5-7-9-19)22(25)13-11-18-10-12-20(27-16-14-23)21(17-18)26-2/h5-13,17H,3-4,15-16H2,1-2H3/b13-11+. The molecule has 1 amide bonds. The topological polar surface area (TPSA) is 62.6 Å². The minimum absolute atomic E-state index is 0.0481. The number of nitrogens with zero attached hydrogens (tertiary/aromatic N) is 2. The average molecular weight is 364 g/mol. The van der Waals surface area contributed by atoms with Crippen molar-refractivity contribution in [1.82, 2.24) is 0 Å². The van der Waals surface area contributed by atoms with Crippen LogP contribution in [0, 0.1) is 11.3 Å². The van der Waals surface area contributed by atoms with Gasteiger partial charge in [-0.1, -0.05) is 37.6 Å². The Bertz CT molecular complexity index is 810. The normalized spacial score (nSPS) is 10.4. The number of unbranched alkanes of at least 4 members (excludes halogenated alkanes) is 1. The maximum absolute atomic E-state index is 12.7. The number of methoxy groups -OCH3 is 1. The van der Waals surface area contributed by atoms with E-state index in [-0.39, 0.29) is 12.5 Å². The van der Waals surface area contributed by atoms with Crippen molar-refractivity contribution < 1.29 is 14.3 Å². The molecule has 0 saturated heterocycles. The number of carbonyl (C=O) groups is 1. The van der Waals surface area contributed by atoms with E-state index in [0.717, 1.165) is 24.1 Å². The Morgan fingerprint density at radius 1 is 1.19 bits per heavy atom. The van der Waals surface area contributed by atoms with Crippen LogP contribution in [0.2, 0.25) is 0 Å². The molecule has 0 unspecified atom stereocenters. The second-order valence-corrected chi connectivity index (χ2v) is 5.87. The Morgan fingerprint density at radius 2 is 1.96 bits per heavy atom. The van der Waals surface area contributed by atoms with Crippen molar-refractivity contribution in [2.45, 2.75) is 19.8 Å². The summed E-state index contributed by atoms with van der Waals surface area (Å²) in [6, 6.07) is 16.9. The van der Waals surface area contributed by atoms with Crippen LogP contribution in [0.4, 0.5) is 5.69 Å². The molecule has 0 bridgehead atoms. The second-order valence-electron chi connectivity index (χ2n) is 5.87. The van der Waals surface area contributed by atoms with Gasteiger partial charge in [-0.25, -0.2) is 0 Å². The van der Waals surface area contributed by atoms with Gasteiger partial charge in [0.25, 0.3) is 5.91 Å². The minimum Gasteiger partial charge on any atom is -0.493 e. The van der Waals surface area contributed by atoms with Crippen molar-refractivity contribution in [3.8, 4) is 17.6 Å². The van der Waals surface area contributed by atoms with E-state index in [9.17, 15) is 4.79 Å². The Morgan fingerprint density at radius 3 is 2.63 bits per heavy atom. The highest BCUT2D eigenvalue weighted by molar-refractivity contribution is 6.03. The van der Waals surface area contributed by atoms with Crippen LogP contribution in [0.5, 0.6) is 11.5 Å². The van der Waals surface area contributed by atoms with Crippen LogP contribution in [-0.2, 0) is 4.79 Å². The molecule has 0 fully saturated rings. The van der Waals surface area contributed by atoms with Crippen molar-refractivity contribution in [2.75, 3.05) is 25.2 Å². The number of amides is 1. The molecule has 2 aromatic carbocycles. The Balaban J connectivity index is 2.16. The largest absolute Gasteiger partial charge is 0.493 e. The van der Waals surface area contributed by atoms with Gasteiger partial charge >= 0.3 is 0 Å². The highest BCUT2D eigenvalue weighted by atomic mass is 16.5. The van der Waals surface area contributed by atoms with E-state index >= 15 is 0 Å². The molecule has 0 aromatic heterocycles. The lowest BCUT2D eigenvalue weighted by atomic mass is 10.1. The van der Waals surface area contributed by atoms with E-state index in [2.05, 4.69) is 6.92 Å². The van der Waals surface area contributed by atoms with Crippen molar-refractivity contribution in [2.24, 2.45) is 0 Å². The predicted octanol–water partition coefficient (Wildman–Crippen LogP) is 4.44. The van der Waals surface area contributed by atoms with Crippen LogP contribution < -0.4 is 14.4 Å². The van der Waals surface area contributed by atoms with Crippen LogP contribution in [0.3, 0.4) is 0 Å². The van der Waals surface area contributed by atoms with Gasteiger partial charge in [-0.05, 0) is 42.3 Å². The fourth-order valence-corrected chi connectivity index (χ4v) is 2.57. The molecular weight excluding hydrogens is 340 g/mol. The summed E-state index contributed by atoms with van der Waals surface area (Å²) in [5.74, 6) is 0.945. The Hall–Kier alpha value is -3.26. The smallest absolute Gasteiger partial charge is 0.250 e. The molecule has 0 aliphatic rings. The van der Waals surface area contributed by atoms with Gasteiger partial charge in [-0.3, -0.25) is 4.79 Å². The SMILES string of the molecule is CCCCN(C(=O)/C=C/c1ccc(OCC#N)c(OC)c1)c1ccccc1. The highest BCUT2D eigenvalue weighted by Gasteiger charge is 2.12. The van der Waals surface area contributed by atoms with E-state index < -0.39 is 0 Å². The van der Waals surface area contributed by atoms with Crippen LogP contribution in [-0.4, -0.2) is 26.2 Å². The maximum Gasteiger partial charge on any atom is 0.250 e. The molecule has 0 N–H and O–H groups in total. The number of ether oxygens (including phenoxy) is 2. The zero-order valence-electron chi connectivity index (χ0n) is 15.7. The third kappa shape index (κ3) is 5.89. The molecule has 0 aliphatic heterocycles. The lowest BCUT2D eigenvalue weighted by molar-refractivity contribution is -0.114. The van der Waals surface area contributed by atoms with Gasteiger partial charge in [0.1, 0.15) is 6.07 Å². The molecule has 5 nitrogen and oxygen atoms in total. The molecule has 140 valence electrons. The van der Waals surface area contributed by atoms with Gasteiger partial charge in [0, 0.05) is 18.3 Å². The van der Waals surface area contributed by atoms with E-state index in [0.29, 0.717) is 18.0 Å². The summed E-state index contributed by atoms with van der Waals surface area (Å²) in [5.41, 5.74) is 1.70. The van der Waals surface area contributed by atoms with E-state index in [1.807, 2.05) is 42.5 Å². The summed E-state index contributed by atoms with van der Waals surface area (Å²) >= 11 is 0. The maximum atomic E-state index is 12.7. The third-order valence-corrected chi connectivity index (χ3v) is 3.97. The van der Waals surface area contributed by atoms with Crippen molar-refractivity contribution in [1.29, 1.82) is 5.26 Å². The van der Waals surface area contributed by atoms with Gasteiger partial charge < -0.3 is 14.4 Å². The number of anilines is 1.